The van der Waals surface area contributed by atoms with Crippen molar-refractivity contribution in [3.05, 3.63) is 30.1 Å². The lowest BCUT2D eigenvalue weighted by Gasteiger charge is -2.22. The second-order valence-electron chi connectivity index (χ2n) is 4.47. The fraction of sp³-hybridized carbons (Fsp3) is 0.643. The molecular weight excluding hydrogens is 210 g/mol. The van der Waals surface area contributed by atoms with E-state index in [2.05, 4.69) is 48.1 Å². The quantitative estimate of drug-likeness (QED) is 0.749. The van der Waals surface area contributed by atoms with Crippen molar-refractivity contribution in [2.45, 2.75) is 39.8 Å². The monoisotopic (exact) mass is 235 g/mol. The molecule has 3 heteroatoms. The number of nitrogens with one attached hydrogen (secondary N) is 1. The Hall–Kier alpha value is -0.930. The van der Waals surface area contributed by atoms with Crippen LogP contribution in [0.1, 0.15) is 32.8 Å². The molecular formula is C14H25N3. The first-order valence-electron chi connectivity index (χ1n) is 6.60. The van der Waals surface area contributed by atoms with E-state index in [4.69, 9.17) is 0 Å². The Labute approximate surface area is 105 Å². The predicted octanol–water partition coefficient (Wildman–Crippen LogP) is 2.29. The lowest BCUT2D eigenvalue weighted by Crippen LogP contribution is -2.32. The van der Waals surface area contributed by atoms with Crippen LogP contribution in [-0.2, 0) is 6.54 Å². The number of rotatable bonds is 8. The van der Waals surface area contributed by atoms with E-state index in [9.17, 15) is 0 Å². The number of hydrogen-bond donors (Lipinski definition) is 1. The van der Waals surface area contributed by atoms with Crippen molar-refractivity contribution in [1.82, 2.24) is 15.2 Å². The van der Waals surface area contributed by atoms with Gasteiger partial charge < -0.3 is 5.32 Å². The minimum atomic E-state index is 0.603. The first-order chi connectivity index (χ1) is 8.26. The molecule has 1 aromatic rings. The molecule has 1 aromatic heterocycles. The first kappa shape index (κ1) is 14.1. The molecule has 1 atom stereocenters. The van der Waals surface area contributed by atoms with Crippen LogP contribution in [0, 0.1) is 0 Å². The maximum atomic E-state index is 4.05. The standard InChI is InChI=1S/C14H25N3/c1-4-16-13(3)8-11-17(5-2)12-14-6-9-15-10-7-14/h6-7,9-10,13,16H,4-5,8,11-12H2,1-3H3. The van der Waals surface area contributed by atoms with Crippen molar-refractivity contribution in [3.8, 4) is 0 Å². The molecule has 0 amide bonds. The van der Waals surface area contributed by atoms with Crippen LogP contribution in [-0.4, -0.2) is 35.6 Å². The van der Waals surface area contributed by atoms with E-state index in [0.717, 1.165) is 26.2 Å². The van der Waals surface area contributed by atoms with Crippen LogP contribution >= 0.6 is 0 Å². The highest BCUT2D eigenvalue weighted by Gasteiger charge is 2.06. The van der Waals surface area contributed by atoms with E-state index in [-0.39, 0.29) is 0 Å². The molecule has 3 nitrogen and oxygen atoms in total. The molecule has 1 N–H and O–H groups in total. The van der Waals surface area contributed by atoms with Crippen molar-refractivity contribution in [1.29, 1.82) is 0 Å². The molecule has 0 aliphatic rings. The summed E-state index contributed by atoms with van der Waals surface area (Å²) in [5, 5.41) is 3.45. The molecule has 0 radical (unpaired) electrons. The van der Waals surface area contributed by atoms with E-state index < -0.39 is 0 Å². The molecule has 1 heterocycles. The zero-order chi connectivity index (χ0) is 12.5. The van der Waals surface area contributed by atoms with Gasteiger partial charge in [-0.1, -0.05) is 13.8 Å². The van der Waals surface area contributed by atoms with Gasteiger partial charge in [0.05, 0.1) is 0 Å². The molecule has 0 aliphatic heterocycles. The van der Waals surface area contributed by atoms with Crippen molar-refractivity contribution < 1.29 is 0 Å². The molecule has 0 bridgehead atoms. The van der Waals surface area contributed by atoms with Gasteiger partial charge in [-0.15, -0.1) is 0 Å². The Morgan fingerprint density at radius 1 is 1.29 bits per heavy atom. The van der Waals surface area contributed by atoms with E-state index >= 15 is 0 Å². The van der Waals surface area contributed by atoms with Gasteiger partial charge in [-0.25, -0.2) is 0 Å². The number of pyridine rings is 1. The maximum absolute atomic E-state index is 4.05. The minimum Gasteiger partial charge on any atom is -0.314 e. The Bertz CT molecular complexity index is 287. The third-order valence-electron chi connectivity index (χ3n) is 3.03. The highest BCUT2D eigenvalue weighted by molar-refractivity contribution is 5.09. The highest BCUT2D eigenvalue weighted by atomic mass is 15.1. The van der Waals surface area contributed by atoms with E-state index in [1.807, 2.05) is 12.4 Å². The average Bonchev–Trinajstić information content (AvgIpc) is 2.36. The smallest absolute Gasteiger partial charge is 0.0271 e. The van der Waals surface area contributed by atoms with Crippen LogP contribution in [0.4, 0.5) is 0 Å². The summed E-state index contributed by atoms with van der Waals surface area (Å²) in [7, 11) is 0. The van der Waals surface area contributed by atoms with Crippen molar-refractivity contribution in [3.63, 3.8) is 0 Å². The molecule has 96 valence electrons. The van der Waals surface area contributed by atoms with Crippen LogP contribution in [0.2, 0.25) is 0 Å². The molecule has 0 saturated carbocycles. The van der Waals surface area contributed by atoms with Gasteiger partial charge in [-0.2, -0.15) is 0 Å². The van der Waals surface area contributed by atoms with Crippen LogP contribution in [0.15, 0.2) is 24.5 Å². The fourth-order valence-corrected chi connectivity index (χ4v) is 1.92. The van der Waals surface area contributed by atoms with E-state index in [1.165, 1.54) is 12.0 Å². The molecule has 0 aromatic carbocycles. The summed E-state index contributed by atoms with van der Waals surface area (Å²) < 4.78 is 0. The summed E-state index contributed by atoms with van der Waals surface area (Å²) in [5.74, 6) is 0. The highest BCUT2D eigenvalue weighted by Crippen LogP contribution is 2.04. The molecule has 0 saturated heterocycles. The Kier molecular flexibility index (Phi) is 6.82. The number of aromatic nitrogens is 1. The minimum absolute atomic E-state index is 0.603. The zero-order valence-corrected chi connectivity index (χ0v) is 11.3. The molecule has 0 fully saturated rings. The lowest BCUT2D eigenvalue weighted by atomic mass is 10.2. The molecule has 17 heavy (non-hydrogen) atoms. The van der Waals surface area contributed by atoms with Gasteiger partial charge in [-0.3, -0.25) is 9.88 Å². The topological polar surface area (TPSA) is 28.2 Å². The molecule has 0 spiro atoms. The Morgan fingerprint density at radius 2 is 2.00 bits per heavy atom. The van der Waals surface area contributed by atoms with Crippen molar-refractivity contribution in [2.24, 2.45) is 0 Å². The third kappa shape index (κ3) is 5.80. The second-order valence-corrected chi connectivity index (χ2v) is 4.47. The largest absolute Gasteiger partial charge is 0.314 e. The second kappa shape index (κ2) is 8.20. The summed E-state index contributed by atoms with van der Waals surface area (Å²) in [6, 6.07) is 4.79. The van der Waals surface area contributed by atoms with Crippen molar-refractivity contribution >= 4 is 0 Å². The summed E-state index contributed by atoms with van der Waals surface area (Å²) in [4.78, 5) is 6.52. The molecule has 1 rings (SSSR count). The third-order valence-corrected chi connectivity index (χ3v) is 3.03. The number of hydrogen-bond acceptors (Lipinski definition) is 3. The summed E-state index contributed by atoms with van der Waals surface area (Å²) in [6.07, 6.45) is 4.93. The van der Waals surface area contributed by atoms with Crippen LogP contribution in [0.25, 0.3) is 0 Å². The van der Waals surface area contributed by atoms with Gasteiger partial charge in [0.2, 0.25) is 0 Å². The summed E-state index contributed by atoms with van der Waals surface area (Å²) in [5.41, 5.74) is 1.35. The molecule has 1 unspecified atom stereocenters. The van der Waals surface area contributed by atoms with Gasteiger partial charge >= 0.3 is 0 Å². The van der Waals surface area contributed by atoms with E-state index in [1.54, 1.807) is 0 Å². The first-order valence-corrected chi connectivity index (χ1v) is 6.60. The van der Waals surface area contributed by atoms with Crippen LogP contribution in [0.3, 0.4) is 0 Å². The van der Waals surface area contributed by atoms with Crippen LogP contribution in [0.5, 0.6) is 0 Å². The predicted molar refractivity (Wildman–Crippen MR) is 72.9 cm³/mol. The van der Waals surface area contributed by atoms with Gasteiger partial charge in [0.1, 0.15) is 0 Å². The summed E-state index contributed by atoms with van der Waals surface area (Å²) >= 11 is 0. The Morgan fingerprint density at radius 3 is 2.59 bits per heavy atom. The van der Waals surface area contributed by atoms with E-state index in [0.29, 0.717) is 6.04 Å². The van der Waals surface area contributed by atoms with Gasteiger partial charge in [0, 0.05) is 25.0 Å². The van der Waals surface area contributed by atoms with Crippen LogP contribution < -0.4 is 5.32 Å². The lowest BCUT2D eigenvalue weighted by molar-refractivity contribution is 0.264. The summed E-state index contributed by atoms with van der Waals surface area (Å²) in [6.45, 7) is 11.0. The molecule has 0 aliphatic carbocycles. The van der Waals surface area contributed by atoms with Gasteiger partial charge in [-0.05, 0) is 50.7 Å². The van der Waals surface area contributed by atoms with Crippen molar-refractivity contribution in [2.75, 3.05) is 19.6 Å². The fourth-order valence-electron chi connectivity index (χ4n) is 1.92. The normalized spacial score (nSPS) is 12.9. The average molecular weight is 235 g/mol. The Balaban J connectivity index is 2.34. The number of nitrogens with zero attached hydrogens (tertiary/aromatic N) is 2. The van der Waals surface area contributed by atoms with Gasteiger partial charge in [0.15, 0.2) is 0 Å². The maximum Gasteiger partial charge on any atom is 0.0271 e. The SMILES string of the molecule is CCNC(C)CCN(CC)Cc1ccncc1. The van der Waals surface area contributed by atoms with Gasteiger partial charge in [0.25, 0.3) is 0 Å². The zero-order valence-electron chi connectivity index (χ0n) is 11.3.